The number of nitrogens with two attached hydrogens (primary N) is 1. The van der Waals surface area contributed by atoms with Crippen molar-refractivity contribution in [1.82, 2.24) is 14.7 Å². The van der Waals surface area contributed by atoms with Gasteiger partial charge >= 0.3 is 6.09 Å². The van der Waals surface area contributed by atoms with Crippen LogP contribution in [-0.4, -0.2) is 77.7 Å². The number of nitrogens with zero attached hydrogens (tertiary/aromatic N) is 4. The van der Waals surface area contributed by atoms with E-state index < -0.39 is 5.60 Å². The zero-order valence-corrected chi connectivity index (χ0v) is 18.3. The minimum atomic E-state index is -0.469. The van der Waals surface area contributed by atoms with Crippen molar-refractivity contribution in [2.45, 2.75) is 52.3 Å². The molecule has 0 aliphatic carbocycles. The number of hydrogen-bond donors (Lipinski definition) is 1. The number of aliphatic imine (C=N–C) groups is 1. The highest BCUT2D eigenvalue weighted by molar-refractivity contribution is 7.10. The van der Waals surface area contributed by atoms with Crippen molar-refractivity contribution in [1.29, 1.82) is 0 Å². The smallest absolute Gasteiger partial charge is 0.410 e. The molecule has 1 aromatic heterocycles. The van der Waals surface area contributed by atoms with Gasteiger partial charge < -0.3 is 20.3 Å². The molecule has 1 fully saturated rings. The predicted octanol–water partition coefficient (Wildman–Crippen LogP) is 2.36. The molecule has 0 aromatic carbocycles. The number of guanidine groups is 1. The third-order valence-corrected chi connectivity index (χ3v) is 6.26. The van der Waals surface area contributed by atoms with Gasteiger partial charge in [-0.15, -0.1) is 11.3 Å². The molecule has 1 unspecified atom stereocenters. The maximum Gasteiger partial charge on any atom is 0.410 e. The molecule has 156 valence electrons. The molecular formula is C20H33N5O2S. The Morgan fingerprint density at radius 2 is 1.93 bits per heavy atom. The summed E-state index contributed by atoms with van der Waals surface area (Å²) in [4.78, 5) is 24.6. The fourth-order valence-electron chi connectivity index (χ4n) is 3.53. The topological polar surface area (TPSA) is 74.4 Å². The summed E-state index contributed by atoms with van der Waals surface area (Å²) in [6, 6.07) is 2.59. The highest BCUT2D eigenvalue weighted by Crippen LogP contribution is 2.25. The number of hydrogen-bond acceptors (Lipinski definition) is 5. The molecule has 0 bridgehead atoms. The molecule has 2 aliphatic heterocycles. The molecule has 0 radical (unpaired) electrons. The Morgan fingerprint density at radius 3 is 2.61 bits per heavy atom. The first kappa shape index (κ1) is 20.9. The van der Waals surface area contributed by atoms with Crippen LogP contribution in [0.25, 0.3) is 0 Å². The molecule has 1 amide bonds. The maximum absolute atomic E-state index is 12.2. The summed E-state index contributed by atoms with van der Waals surface area (Å²) in [6.07, 6.45) is 0.873. The van der Waals surface area contributed by atoms with Crippen LogP contribution in [0.15, 0.2) is 16.4 Å². The average molecular weight is 408 g/mol. The van der Waals surface area contributed by atoms with E-state index in [0.29, 0.717) is 44.7 Å². The summed E-state index contributed by atoms with van der Waals surface area (Å²) < 4.78 is 5.44. The average Bonchev–Trinajstić information content (AvgIpc) is 3.12. The van der Waals surface area contributed by atoms with Gasteiger partial charge in [-0.05, 0) is 51.1 Å². The summed E-state index contributed by atoms with van der Waals surface area (Å²) in [6.45, 7) is 13.2. The lowest BCUT2D eigenvalue weighted by molar-refractivity contribution is 0.0186. The van der Waals surface area contributed by atoms with E-state index in [4.69, 9.17) is 10.5 Å². The van der Waals surface area contributed by atoms with Gasteiger partial charge in [-0.3, -0.25) is 9.89 Å². The van der Waals surface area contributed by atoms with Gasteiger partial charge in [-0.2, -0.15) is 0 Å². The zero-order chi connectivity index (χ0) is 20.3. The Labute approximate surface area is 172 Å². The Balaban J connectivity index is 1.45. The van der Waals surface area contributed by atoms with Gasteiger partial charge in [0, 0.05) is 50.2 Å². The lowest BCUT2D eigenvalue weighted by Gasteiger charge is -2.36. The summed E-state index contributed by atoms with van der Waals surface area (Å²) in [5.41, 5.74) is 7.22. The minimum absolute atomic E-state index is 0.255. The number of piperazine rings is 1. The number of thiophene rings is 1. The van der Waals surface area contributed by atoms with Gasteiger partial charge in [0.15, 0.2) is 5.96 Å². The van der Waals surface area contributed by atoms with Gasteiger partial charge in [0.2, 0.25) is 0 Å². The van der Waals surface area contributed by atoms with Crippen LogP contribution in [0.3, 0.4) is 0 Å². The van der Waals surface area contributed by atoms with E-state index in [0.717, 1.165) is 19.5 Å². The van der Waals surface area contributed by atoms with E-state index in [-0.39, 0.29) is 6.09 Å². The van der Waals surface area contributed by atoms with Crippen LogP contribution >= 0.6 is 11.3 Å². The number of amides is 1. The fourth-order valence-corrected chi connectivity index (χ4v) is 4.42. The quantitative estimate of drug-likeness (QED) is 0.615. The SMILES string of the molecule is CC(CN=C(N)N1CCN(C(=O)OC(C)(C)C)CC1)N1CCc2sccc2C1. The van der Waals surface area contributed by atoms with Gasteiger partial charge in [0.25, 0.3) is 0 Å². The molecule has 1 aromatic rings. The summed E-state index contributed by atoms with van der Waals surface area (Å²) in [7, 11) is 0. The van der Waals surface area contributed by atoms with Crippen LogP contribution in [0.2, 0.25) is 0 Å². The van der Waals surface area contributed by atoms with Crippen LogP contribution < -0.4 is 5.73 Å². The Hall–Kier alpha value is -1.80. The largest absolute Gasteiger partial charge is 0.444 e. The van der Waals surface area contributed by atoms with Crippen molar-refractivity contribution in [2.75, 3.05) is 39.3 Å². The van der Waals surface area contributed by atoms with Gasteiger partial charge in [0.1, 0.15) is 5.60 Å². The van der Waals surface area contributed by atoms with Crippen molar-refractivity contribution >= 4 is 23.4 Å². The third-order valence-electron chi connectivity index (χ3n) is 5.23. The Bertz CT molecular complexity index is 704. The van der Waals surface area contributed by atoms with Crippen LogP contribution in [-0.2, 0) is 17.7 Å². The van der Waals surface area contributed by atoms with Crippen molar-refractivity contribution in [3.8, 4) is 0 Å². The Kier molecular flexibility index (Phi) is 6.50. The molecule has 7 nitrogen and oxygen atoms in total. The van der Waals surface area contributed by atoms with Crippen LogP contribution in [0.5, 0.6) is 0 Å². The Morgan fingerprint density at radius 1 is 1.25 bits per heavy atom. The molecule has 0 saturated carbocycles. The number of ether oxygens (including phenoxy) is 1. The lowest BCUT2D eigenvalue weighted by Crippen LogP contribution is -2.53. The molecule has 2 N–H and O–H groups in total. The summed E-state index contributed by atoms with van der Waals surface area (Å²) in [5, 5.41) is 2.19. The third kappa shape index (κ3) is 5.38. The van der Waals surface area contributed by atoms with E-state index in [1.54, 1.807) is 4.90 Å². The summed E-state index contributed by atoms with van der Waals surface area (Å²) in [5.74, 6) is 0.573. The molecular weight excluding hydrogens is 374 g/mol. The molecule has 0 spiro atoms. The van der Waals surface area contributed by atoms with E-state index in [1.807, 2.05) is 32.1 Å². The second kappa shape index (κ2) is 8.69. The zero-order valence-electron chi connectivity index (χ0n) is 17.5. The monoisotopic (exact) mass is 407 g/mol. The van der Waals surface area contributed by atoms with E-state index in [9.17, 15) is 4.79 Å². The summed E-state index contributed by atoms with van der Waals surface area (Å²) >= 11 is 1.86. The first-order valence-electron chi connectivity index (χ1n) is 10.0. The number of rotatable bonds is 3. The first-order chi connectivity index (χ1) is 13.2. The number of fused-ring (bicyclic) bond motifs is 1. The number of carbonyl (C=O) groups excluding carboxylic acids is 1. The van der Waals surface area contributed by atoms with Gasteiger partial charge in [-0.1, -0.05) is 0 Å². The van der Waals surface area contributed by atoms with E-state index >= 15 is 0 Å². The van der Waals surface area contributed by atoms with Crippen LogP contribution in [0, 0.1) is 0 Å². The van der Waals surface area contributed by atoms with E-state index in [2.05, 4.69) is 33.2 Å². The highest BCUT2D eigenvalue weighted by atomic mass is 32.1. The van der Waals surface area contributed by atoms with Crippen LogP contribution in [0.4, 0.5) is 4.79 Å². The highest BCUT2D eigenvalue weighted by Gasteiger charge is 2.27. The molecule has 2 aliphatic rings. The van der Waals surface area contributed by atoms with Crippen molar-refractivity contribution in [3.63, 3.8) is 0 Å². The molecule has 8 heteroatoms. The van der Waals surface area contributed by atoms with Crippen LogP contribution in [0.1, 0.15) is 38.1 Å². The van der Waals surface area contributed by atoms with Gasteiger partial charge in [0.05, 0.1) is 6.54 Å². The number of carbonyl (C=O) groups is 1. The second-order valence-electron chi connectivity index (χ2n) is 8.59. The maximum atomic E-state index is 12.2. The molecule has 1 saturated heterocycles. The second-order valence-corrected chi connectivity index (χ2v) is 9.59. The van der Waals surface area contributed by atoms with Crippen molar-refractivity contribution < 1.29 is 9.53 Å². The predicted molar refractivity (Wildman–Crippen MR) is 114 cm³/mol. The molecule has 28 heavy (non-hydrogen) atoms. The van der Waals surface area contributed by atoms with Crippen molar-refractivity contribution in [2.24, 2.45) is 10.7 Å². The molecule has 3 heterocycles. The standard InChI is InChI=1S/C20H33N5O2S/c1-15(25-7-5-17-16(14-25)6-12-28-17)13-22-18(21)23-8-10-24(11-9-23)19(26)27-20(2,3)4/h6,12,15H,5,7-11,13-14H2,1-4H3,(H2,21,22). The van der Waals surface area contributed by atoms with Crippen molar-refractivity contribution in [3.05, 3.63) is 21.9 Å². The normalized spacial score (nSPS) is 20.1. The molecule has 1 atom stereocenters. The first-order valence-corrected chi connectivity index (χ1v) is 10.9. The molecule has 3 rings (SSSR count). The minimum Gasteiger partial charge on any atom is -0.444 e. The van der Waals surface area contributed by atoms with E-state index in [1.165, 1.54) is 10.4 Å². The fraction of sp³-hybridized carbons (Fsp3) is 0.700. The van der Waals surface area contributed by atoms with Gasteiger partial charge in [-0.25, -0.2) is 4.79 Å². The lowest BCUT2D eigenvalue weighted by atomic mass is 10.1.